The molecule has 3 heterocycles. The Labute approximate surface area is 215 Å². The van der Waals surface area contributed by atoms with E-state index in [0.29, 0.717) is 19.6 Å². The maximum Gasteiger partial charge on any atom is 0.324 e. The lowest BCUT2D eigenvalue weighted by atomic mass is 9.92. The summed E-state index contributed by atoms with van der Waals surface area (Å²) in [7, 11) is 0. The van der Waals surface area contributed by atoms with Crippen molar-refractivity contribution < 1.29 is 33.7 Å². The van der Waals surface area contributed by atoms with Crippen molar-refractivity contribution in [3.63, 3.8) is 0 Å². The molecule has 10 nitrogen and oxygen atoms in total. The van der Waals surface area contributed by atoms with Gasteiger partial charge in [0.15, 0.2) is 0 Å². The van der Waals surface area contributed by atoms with E-state index in [9.17, 15) is 19.5 Å². The maximum atomic E-state index is 12.7. The molecule has 0 aromatic heterocycles. The Morgan fingerprint density at radius 3 is 1.03 bits per heavy atom. The number of carbonyl (C=O) groups is 3. The molecule has 0 spiro atoms. The largest absolute Gasteiger partial charge is 0.464 e. The number of rotatable bonds is 10. The molecule has 36 heavy (non-hydrogen) atoms. The van der Waals surface area contributed by atoms with Crippen molar-refractivity contribution in [2.75, 3.05) is 46.1 Å². The zero-order chi connectivity index (χ0) is 27.3. The summed E-state index contributed by atoms with van der Waals surface area (Å²) >= 11 is 0. The molecule has 0 radical (unpaired) electrons. The predicted molar refractivity (Wildman–Crippen MR) is 133 cm³/mol. The maximum absolute atomic E-state index is 12.7. The highest BCUT2D eigenvalue weighted by Crippen LogP contribution is 2.33. The summed E-state index contributed by atoms with van der Waals surface area (Å²) in [4.78, 5) is 44.0. The topological polar surface area (TPSA) is 108 Å². The van der Waals surface area contributed by atoms with Crippen LogP contribution in [0.5, 0.6) is 0 Å². The van der Waals surface area contributed by atoms with Gasteiger partial charge in [-0.2, -0.15) is 0 Å². The molecule has 6 unspecified atom stereocenters. The molecule has 0 saturated carbocycles. The van der Waals surface area contributed by atoms with E-state index in [0.717, 1.165) is 0 Å². The van der Waals surface area contributed by atoms with Gasteiger partial charge in [-0.3, -0.25) is 29.1 Å². The first-order chi connectivity index (χ1) is 16.4. The molecular weight excluding hydrogens is 466 g/mol. The molecule has 3 rings (SSSR count). The van der Waals surface area contributed by atoms with E-state index in [1.807, 2.05) is 77.0 Å². The zero-order valence-electron chi connectivity index (χ0n) is 23.4. The van der Waals surface area contributed by atoms with E-state index in [2.05, 4.69) is 0 Å². The van der Waals surface area contributed by atoms with Gasteiger partial charge in [0.1, 0.15) is 37.9 Å². The third-order valence-electron chi connectivity index (χ3n) is 7.14. The van der Waals surface area contributed by atoms with Crippen LogP contribution in [0.15, 0.2) is 0 Å². The number of hydrogen-bond donors (Lipinski definition) is 1. The Balaban J connectivity index is 1.61. The molecule has 3 saturated heterocycles. The summed E-state index contributed by atoms with van der Waals surface area (Å²) < 4.78 is 16.7. The molecule has 206 valence electrons. The fourth-order valence-corrected chi connectivity index (χ4v) is 4.47. The van der Waals surface area contributed by atoms with Crippen molar-refractivity contribution in [1.29, 1.82) is 0 Å². The third kappa shape index (κ3) is 6.96. The molecule has 10 heteroatoms. The number of hydrogen-bond acceptors (Lipinski definition) is 10. The summed E-state index contributed by atoms with van der Waals surface area (Å²) in [6, 6.07) is -1.03. The summed E-state index contributed by atoms with van der Waals surface area (Å²) in [5.41, 5.74) is -1.72. The minimum atomic E-state index is -1.24. The Kier molecular flexibility index (Phi) is 7.88. The van der Waals surface area contributed by atoms with Crippen molar-refractivity contribution in [2.24, 2.45) is 5.41 Å². The molecule has 0 amide bonds. The fourth-order valence-electron chi connectivity index (χ4n) is 4.47. The molecule has 1 N–H and O–H groups in total. The van der Waals surface area contributed by atoms with Crippen molar-refractivity contribution in [3.05, 3.63) is 0 Å². The first kappa shape index (κ1) is 28.8. The second kappa shape index (κ2) is 9.85. The molecule has 0 bridgehead atoms. The van der Waals surface area contributed by atoms with Gasteiger partial charge in [-0.1, -0.05) is 0 Å². The summed E-state index contributed by atoms with van der Waals surface area (Å²) in [5.74, 6) is -1.20. The van der Waals surface area contributed by atoms with Gasteiger partial charge in [0, 0.05) is 36.3 Å². The minimum absolute atomic E-state index is 0.158. The Bertz CT molecular complexity index is 748. The van der Waals surface area contributed by atoms with E-state index in [1.165, 1.54) is 0 Å². The van der Waals surface area contributed by atoms with E-state index < -0.39 is 29.9 Å². The monoisotopic (exact) mass is 511 g/mol. The predicted octanol–water partition coefficient (Wildman–Crippen LogP) is 1.04. The standard InChI is InChI=1S/C26H45N3O7/c1-23(2,3)27-10-17(27)20(31)34-14-26(13-30,15-35-21(32)18-11-28(18)24(4,5)6)16-36-22(33)19-12-29(19)25(7,8)9/h17-19,30H,10-16H2,1-9H3. The van der Waals surface area contributed by atoms with Crippen LogP contribution in [-0.2, 0) is 28.6 Å². The summed E-state index contributed by atoms with van der Waals surface area (Å²) in [6.07, 6.45) is 0. The Morgan fingerprint density at radius 2 is 0.861 bits per heavy atom. The molecule has 3 aliphatic rings. The number of aliphatic hydroxyl groups excluding tert-OH is 1. The van der Waals surface area contributed by atoms with Crippen LogP contribution in [-0.4, -0.2) is 119 Å². The van der Waals surface area contributed by atoms with Crippen molar-refractivity contribution in [1.82, 2.24) is 14.7 Å². The van der Waals surface area contributed by atoms with Crippen LogP contribution in [0.2, 0.25) is 0 Å². The number of carbonyl (C=O) groups excluding carboxylic acids is 3. The van der Waals surface area contributed by atoms with Crippen LogP contribution in [0.3, 0.4) is 0 Å². The lowest BCUT2D eigenvalue weighted by Crippen LogP contribution is -2.44. The van der Waals surface area contributed by atoms with Gasteiger partial charge in [0.2, 0.25) is 0 Å². The van der Waals surface area contributed by atoms with Gasteiger partial charge in [-0.05, 0) is 62.3 Å². The average Bonchev–Trinajstić information content (AvgIpc) is 3.62. The van der Waals surface area contributed by atoms with Gasteiger partial charge >= 0.3 is 17.9 Å². The average molecular weight is 512 g/mol. The summed E-state index contributed by atoms with van der Waals surface area (Å²) in [5, 5.41) is 10.3. The molecule has 0 aromatic carbocycles. The SMILES string of the molecule is CC(C)(C)N1CC1C(=O)OCC(CO)(COC(=O)C1CN1C(C)(C)C)COC(=O)C1CN1C(C)(C)C. The molecule has 3 aliphatic heterocycles. The van der Waals surface area contributed by atoms with Crippen molar-refractivity contribution >= 4 is 17.9 Å². The number of nitrogens with zero attached hydrogens (tertiary/aromatic N) is 3. The smallest absolute Gasteiger partial charge is 0.324 e. The lowest BCUT2D eigenvalue weighted by molar-refractivity contribution is -0.166. The molecule has 0 aliphatic carbocycles. The Hall–Kier alpha value is -1.75. The zero-order valence-corrected chi connectivity index (χ0v) is 23.4. The van der Waals surface area contributed by atoms with Crippen molar-refractivity contribution in [3.8, 4) is 0 Å². The molecule has 0 aromatic rings. The molecule has 3 fully saturated rings. The van der Waals surface area contributed by atoms with Crippen LogP contribution in [0, 0.1) is 5.41 Å². The van der Waals surface area contributed by atoms with Crippen LogP contribution < -0.4 is 0 Å². The number of esters is 3. The normalized spacial score (nSPS) is 31.2. The third-order valence-corrected chi connectivity index (χ3v) is 7.14. The fraction of sp³-hybridized carbons (Fsp3) is 0.885. The minimum Gasteiger partial charge on any atom is -0.464 e. The Morgan fingerprint density at radius 1 is 0.611 bits per heavy atom. The quantitative estimate of drug-likeness (QED) is 0.260. The molecular formula is C26H45N3O7. The summed E-state index contributed by atoms with van der Waals surface area (Å²) in [6.45, 7) is 18.9. The van der Waals surface area contributed by atoms with Crippen LogP contribution >= 0.6 is 0 Å². The first-order valence-electron chi connectivity index (χ1n) is 12.8. The van der Waals surface area contributed by atoms with Gasteiger partial charge in [-0.15, -0.1) is 0 Å². The molecule has 6 atom stereocenters. The van der Waals surface area contributed by atoms with Crippen LogP contribution in [0.25, 0.3) is 0 Å². The van der Waals surface area contributed by atoms with E-state index >= 15 is 0 Å². The number of aliphatic hydroxyl groups is 1. The first-order valence-corrected chi connectivity index (χ1v) is 12.8. The highest BCUT2D eigenvalue weighted by Gasteiger charge is 2.51. The second-order valence-corrected chi connectivity index (χ2v) is 13.5. The van der Waals surface area contributed by atoms with Crippen molar-refractivity contribution in [2.45, 2.75) is 97.1 Å². The highest BCUT2D eigenvalue weighted by molar-refractivity contribution is 5.80. The second-order valence-electron chi connectivity index (χ2n) is 13.5. The highest BCUT2D eigenvalue weighted by atomic mass is 16.6. The van der Waals surface area contributed by atoms with Gasteiger partial charge in [0.05, 0.1) is 12.0 Å². The van der Waals surface area contributed by atoms with Crippen LogP contribution in [0.1, 0.15) is 62.3 Å². The number of ether oxygens (including phenoxy) is 3. The van der Waals surface area contributed by atoms with Gasteiger partial charge in [0.25, 0.3) is 0 Å². The van der Waals surface area contributed by atoms with E-state index in [-0.39, 0.29) is 54.6 Å². The van der Waals surface area contributed by atoms with E-state index in [4.69, 9.17) is 14.2 Å². The lowest BCUT2D eigenvalue weighted by Gasteiger charge is -2.30. The van der Waals surface area contributed by atoms with Gasteiger partial charge < -0.3 is 19.3 Å². The van der Waals surface area contributed by atoms with Crippen LogP contribution in [0.4, 0.5) is 0 Å². The van der Waals surface area contributed by atoms with E-state index in [1.54, 1.807) is 0 Å². The van der Waals surface area contributed by atoms with Gasteiger partial charge in [-0.25, -0.2) is 0 Å².